The summed E-state index contributed by atoms with van der Waals surface area (Å²) in [6.07, 6.45) is 2.31. The first-order valence-electron chi connectivity index (χ1n) is 6.23. The topological polar surface area (TPSA) is 58.2 Å². The van der Waals surface area contributed by atoms with Crippen molar-refractivity contribution in [2.45, 2.75) is 37.6 Å². The number of sulfonamides is 1. The predicted molar refractivity (Wildman–Crippen MR) is 73.2 cm³/mol. The molecule has 0 saturated heterocycles. The summed E-state index contributed by atoms with van der Waals surface area (Å²) in [7, 11) is -1.94. The van der Waals surface area contributed by atoms with Gasteiger partial charge in [-0.25, -0.2) is 13.1 Å². The van der Waals surface area contributed by atoms with Crippen LogP contribution in [0.2, 0.25) is 0 Å². The summed E-state index contributed by atoms with van der Waals surface area (Å²) in [5.74, 6) is 0.770. The van der Waals surface area contributed by atoms with Crippen molar-refractivity contribution >= 4 is 15.7 Å². The Hall–Kier alpha value is -1.07. The lowest BCUT2D eigenvalue weighted by Gasteiger charge is -2.34. The van der Waals surface area contributed by atoms with Gasteiger partial charge in [0.1, 0.15) is 0 Å². The molecule has 5 heteroatoms. The third-order valence-corrected chi connectivity index (χ3v) is 4.93. The molecule has 0 atom stereocenters. The Morgan fingerprint density at radius 3 is 2.50 bits per heavy atom. The van der Waals surface area contributed by atoms with Crippen molar-refractivity contribution < 1.29 is 8.42 Å². The van der Waals surface area contributed by atoms with Crippen LogP contribution in [-0.2, 0) is 10.0 Å². The first-order chi connectivity index (χ1) is 8.42. The standard InChI is InChI=1S/C13H20N2O2S/c1-9-6-11(7-9)15-13-8-12(5-4-10(13)2)18(16,17)14-3/h4-5,8-9,11,14-15H,6-7H2,1-3H3. The lowest BCUT2D eigenvalue weighted by atomic mass is 9.82. The summed E-state index contributed by atoms with van der Waals surface area (Å²) in [5, 5.41) is 3.42. The Morgan fingerprint density at radius 2 is 1.94 bits per heavy atom. The number of anilines is 1. The second-order valence-corrected chi connectivity index (χ2v) is 6.99. The molecule has 0 radical (unpaired) electrons. The fourth-order valence-corrected chi connectivity index (χ4v) is 3.04. The van der Waals surface area contributed by atoms with E-state index in [4.69, 9.17) is 0 Å². The minimum absolute atomic E-state index is 0.311. The van der Waals surface area contributed by atoms with Crippen molar-refractivity contribution in [1.29, 1.82) is 0 Å². The Morgan fingerprint density at radius 1 is 1.28 bits per heavy atom. The Kier molecular flexibility index (Phi) is 3.64. The van der Waals surface area contributed by atoms with E-state index in [9.17, 15) is 8.42 Å². The summed E-state index contributed by atoms with van der Waals surface area (Å²) < 4.78 is 25.8. The molecule has 1 aromatic carbocycles. The van der Waals surface area contributed by atoms with Crippen LogP contribution >= 0.6 is 0 Å². The summed E-state index contributed by atoms with van der Waals surface area (Å²) in [5.41, 5.74) is 1.99. The van der Waals surface area contributed by atoms with E-state index < -0.39 is 10.0 Å². The Labute approximate surface area is 109 Å². The summed E-state index contributed by atoms with van der Waals surface area (Å²) >= 11 is 0. The zero-order valence-corrected chi connectivity index (χ0v) is 11.8. The molecule has 100 valence electrons. The molecule has 1 aromatic rings. The molecule has 0 spiro atoms. The van der Waals surface area contributed by atoms with E-state index in [1.165, 1.54) is 7.05 Å². The highest BCUT2D eigenvalue weighted by molar-refractivity contribution is 7.89. The zero-order chi connectivity index (χ0) is 13.3. The van der Waals surface area contributed by atoms with Gasteiger partial charge in [-0.1, -0.05) is 13.0 Å². The normalized spacial score (nSPS) is 23.5. The smallest absolute Gasteiger partial charge is 0.240 e. The van der Waals surface area contributed by atoms with Crippen LogP contribution in [0.25, 0.3) is 0 Å². The van der Waals surface area contributed by atoms with Crippen molar-refractivity contribution in [2.75, 3.05) is 12.4 Å². The molecule has 2 rings (SSSR count). The zero-order valence-electron chi connectivity index (χ0n) is 11.0. The molecule has 1 aliphatic rings. The van der Waals surface area contributed by atoms with E-state index in [2.05, 4.69) is 17.0 Å². The van der Waals surface area contributed by atoms with Gasteiger partial charge in [-0.2, -0.15) is 0 Å². The first-order valence-corrected chi connectivity index (χ1v) is 7.71. The largest absolute Gasteiger partial charge is 0.382 e. The third kappa shape index (κ3) is 2.67. The molecule has 1 fully saturated rings. The van der Waals surface area contributed by atoms with Gasteiger partial charge in [-0.05, 0) is 50.4 Å². The maximum Gasteiger partial charge on any atom is 0.240 e. The number of nitrogens with one attached hydrogen (secondary N) is 2. The van der Waals surface area contributed by atoms with Gasteiger partial charge in [0.2, 0.25) is 10.0 Å². The molecular weight excluding hydrogens is 248 g/mol. The van der Waals surface area contributed by atoms with E-state index in [-0.39, 0.29) is 0 Å². The van der Waals surface area contributed by atoms with Gasteiger partial charge >= 0.3 is 0 Å². The molecule has 18 heavy (non-hydrogen) atoms. The molecule has 0 heterocycles. The van der Waals surface area contributed by atoms with Crippen molar-refractivity contribution in [3.05, 3.63) is 23.8 Å². The summed E-state index contributed by atoms with van der Waals surface area (Å²) in [4.78, 5) is 0.311. The molecule has 2 N–H and O–H groups in total. The molecule has 4 nitrogen and oxygen atoms in total. The second kappa shape index (κ2) is 4.90. The molecule has 1 aliphatic carbocycles. The monoisotopic (exact) mass is 268 g/mol. The number of aryl methyl sites for hydroxylation is 1. The van der Waals surface area contributed by atoms with Crippen LogP contribution in [0, 0.1) is 12.8 Å². The predicted octanol–water partition coefficient (Wildman–Crippen LogP) is 2.11. The SMILES string of the molecule is CNS(=O)(=O)c1ccc(C)c(NC2CC(C)C2)c1. The van der Waals surface area contributed by atoms with Gasteiger partial charge in [0.25, 0.3) is 0 Å². The van der Waals surface area contributed by atoms with Crippen LogP contribution in [-0.4, -0.2) is 21.5 Å². The average Bonchev–Trinajstić information content (AvgIpc) is 2.29. The average molecular weight is 268 g/mol. The molecular formula is C13H20N2O2S. The van der Waals surface area contributed by atoms with Crippen molar-refractivity contribution in [2.24, 2.45) is 5.92 Å². The highest BCUT2D eigenvalue weighted by Gasteiger charge is 2.25. The number of rotatable bonds is 4. The van der Waals surface area contributed by atoms with Crippen LogP contribution in [0.1, 0.15) is 25.3 Å². The van der Waals surface area contributed by atoms with E-state index in [1.807, 2.05) is 13.0 Å². The van der Waals surface area contributed by atoms with Gasteiger partial charge in [0.15, 0.2) is 0 Å². The highest BCUT2D eigenvalue weighted by Crippen LogP contribution is 2.31. The molecule has 0 bridgehead atoms. The minimum atomic E-state index is -3.36. The Balaban J connectivity index is 2.22. The fourth-order valence-electron chi connectivity index (χ4n) is 2.28. The van der Waals surface area contributed by atoms with Gasteiger partial charge in [-0.3, -0.25) is 0 Å². The van der Waals surface area contributed by atoms with Gasteiger partial charge in [0.05, 0.1) is 4.90 Å². The van der Waals surface area contributed by atoms with E-state index in [0.29, 0.717) is 10.9 Å². The third-order valence-electron chi connectivity index (χ3n) is 3.52. The molecule has 0 aliphatic heterocycles. The van der Waals surface area contributed by atoms with Crippen LogP contribution in [0.15, 0.2) is 23.1 Å². The molecule has 0 aromatic heterocycles. The summed E-state index contributed by atoms with van der Waals surface area (Å²) in [6.45, 7) is 4.22. The lowest BCUT2D eigenvalue weighted by molar-refractivity contribution is 0.309. The van der Waals surface area contributed by atoms with Gasteiger partial charge < -0.3 is 5.32 Å². The van der Waals surface area contributed by atoms with Crippen LogP contribution in [0.5, 0.6) is 0 Å². The minimum Gasteiger partial charge on any atom is -0.382 e. The van der Waals surface area contributed by atoms with E-state index >= 15 is 0 Å². The van der Waals surface area contributed by atoms with Gasteiger partial charge in [0, 0.05) is 11.7 Å². The summed E-state index contributed by atoms with van der Waals surface area (Å²) in [6, 6.07) is 5.67. The quantitative estimate of drug-likeness (QED) is 0.879. The highest BCUT2D eigenvalue weighted by atomic mass is 32.2. The van der Waals surface area contributed by atoms with Gasteiger partial charge in [-0.15, -0.1) is 0 Å². The van der Waals surface area contributed by atoms with Crippen molar-refractivity contribution in [3.8, 4) is 0 Å². The Bertz CT molecular complexity index is 534. The lowest BCUT2D eigenvalue weighted by Crippen LogP contribution is -2.34. The first kappa shape index (κ1) is 13.4. The van der Waals surface area contributed by atoms with E-state index in [1.54, 1.807) is 12.1 Å². The fraction of sp³-hybridized carbons (Fsp3) is 0.538. The molecule has 0 unspecified atom stereocenters. The number of benzene rings is 1. The van der Waals surface area contributed by atoms with E-state index in [0.717, 1.165) is 30.0 Å². The molecule has 0 amide bonds. The maximum atomic E-state index is 11.7. The maximum absolute atomic E-state index is 11.7. The van der Waals surface area contributed by atoms with Crippen LogP contribution in [0.3, 0.4) is 0 Å². The van der Waals surface area contributed by atoms with Crippen molar-refractivity contribution in [3.63, 3.8) is 0 Å². The number of hydrogen-bond donors (Lipinski definition) is 2. The number of hydrogen-bond acceptors (Lipinski definition) is 3. The van der Waals surface area contributed by atoms with Crippen molar-refractivity contribution in [1.82, 2.24) is 4.72 Å². The van der Waals surface area contributed by atoms with Crippen LogP contribution < -0.4 is 10.0 Å². The van der Waals surface area contributed by atoms with Crippen LogP contribution in [0.4, 0.5) is 5.69 Å². The second-order valence-electron chi connectivity index (χ2n) is 5.10. The molecule has 1 saturated carbocycles.